The van der Waals surface area contributed by atoms with E-state index in [4.69, 9.17) is 5.73 Å². The maximum atomic E-state index is 13.0. The van der Waals surface area contributed by atoms with Crippen LogP contribution in [0.3, 0.4) is 0 Å². The molecule has 0 saturated heterocycles. The van der Waals surface area contributed by atoms with Crippen LogP contribution in [0.1, 0.15) is 0 Å². The topological polar surface area (TPSA) is 60.4 Å². The Morgan fingerprint density at radius 1 is 1.67 bits per heavy atom. The third-order valence-corrected chi connectivity index (χ3v) is 1.69. The van der Waals surface area contributed by atoms with Gasteiger partial charge in [0.1, 0.15) is 17.3 Å². The lowest BCUT2D eigenvalue weighted by molar-refractivity contribution is 0.614. The van der Waals surface area contributed by atoms with Crippen LogP contribution >= 0.6 is 0 Å². The van der Waals surface area contributed by atoms with E-state index in [9.17, 15) is 9.18 Å². The van der Waals surface area contributed by atoms with Crippen molar-refractivity contribution in [3.8, 4) is 0 Å². The summed E-state index contributed by atoms with van der Waals surface area (Å²) >= 11 is 0. The molecule has 78 valence electrons. The Balaban J connectivity index is 3.49. The van der Waals surface area contributed by atoms with Crippen LogP contribution in [0.4, 0.5) is 10.1 Å². The van der Waals surface area contributed by atoms with Gasteiger partial charge in [-0.05, 0) is 12.8 Å². The molecule has 0 aromatic carbocycles. The first kappa shape index (κ1) is 10.9. The first-order valence-corrected chi connectivity index (χ1v) is 4.07. The maximum Gasteiger partial charge on any atom is 0.279 e. The standard InChI is InChI=1S/C10H10FN3O/c1-3-4-9(13-2)14-6-7(11)5-8(12)10(14)15/h3-6H,1-2,12H2. The summed E-state index contributed by atoms with van der Waals surface area (Å²) in [5.74, 6) is -0.452. The van der Waals surface area contributed by atoms with Crippen molar-refractivity contribution in [2.75, 3.05) is 5.73 Å². The summed E-state index contributed by atoms with van der Waals surface area (Å²) in [5, 5.41) is 0. The summed E-state index contributed by atoms with van der Waals surface area (Å²) in [7, 11) is 0. The Kier molecular flexibility index (Phi) is 3.17. The molecule has 1 aromatic rings. The summed E-state index contributed by atoms with van der Waals surface area (Å²) in [4.78, 5) is 15.1. The molecule has 0 fully saturated rings. The van der Waals surface area contributed by atoms with Crippen LogP contribution in [0.15, 0.2) is 40.8 Å². The number of anilines is 1. The molecule has 0 aliphatic rings. The van der Waals surface area contributed by atoms with Gasteiger partial charge < -0.3 is 5.73 Å². The molecule has 0 aliphatic carbocycles. The van der Waals surface area contributed by atoms with E-state index in [2.05, 4.69) is 18.3 Å². The van der Waals surface area contributed by atoms with Crippen molar-refractivity contribution in [1.29, 1.82) is 0 Å². The third kappa shape index (κ3) is 2.19. The van der Waals surface area contributed by atoms with Crippen LogP contribution in [-0.2, 0) is 0 Å². The summed E-state index contributed by atoms with van der Waals surface area (Å²) < 4.78 is 14.0. The van der Waals surface area contributed by atoms with Crippen LogP contribution in [0, 0.1) is 5.82 Å². The zero-order valence-electron chi connectivity index (χ0n) is 7.98. The fraction of sp³-hybridized carbons (Fsp3) is 0. The molecular formula is C10H10FN3O. The van der Waals surface area contributed by atoms with Crippen LogP contribution in [-0.4, -0.2) is 11.3 Å². The van der Waals surface area contributed by atoms with E-state index in [0.29, 0.717) is 0 Å². The highest BCUT2D eigenvalue weighted by Crippen LogP contribution is 2.06. The normalized spacial score (nSPS) is 11.1. The zero-order valence-corrected chi connectivity index (χ0v) is 7.98. The Morgan fingerprint density at radius 3 is 2.87 bits per heavy atom. The predicted octanol–water partition coefficient (Wildman–Crippen LogP) is 1.25. The average molecular weight is 207 g/mol. The highest BCUT2D eigenvalue weighted by Gasteiger charge is 2.06. The second kappa shape index (κ2) is 4.36. The molecule has 0 aliphatic heterocycles. The van der Waals surface area contributed by atoms with E-state index >= 15 is 0 Å². The molecule has 0 amide bonds. The molecule has 0 saturated carbocycles. The average Bonchev–Trinajstić information content (AvgIpc) is 2.20. The van der Waals surface area contributed by atoms with E-state index in [1.807, 2.05) is 0 Å². The molecule has 0 spiro atoms. The Morgan fingerprint density at radius 2 is 2.33 bits per heavy atom. The third-order valence-electron chi connectivity index (χ3n) is 1.69. The number of halogens is 1. The van der Waals surface area contributed by atoms with Crippen molar-refractivity contribution in [3.63, 3.8) is 0 Å². The van der Waals surface area contributed by atoms with E-state index in [-0.39, 0.29) is 11.5 Å². The fourth-order valence-electron chi connectivity index (χ4n) is 1.05. The van der Waals surface area contributed by atoms with Crippen LogP contribution in [0.2, 0.25) is 0 Å². The molecule has 4 nitrogen and oxygen atoms in total. The minimum absolute atomic E-state index is 0.168. The van der Waals surface area contributed by atoms with Gasteiger partial charge in [-0.25, -0.2) is 9.38 Å². The summed E-state index contributed by atoms with van der Waals surface area (Å²) in [6, 6.07) is 0.952. The van der Waals surface area contributed by atoms with E-state index in [1.165, 1.54) is 12.2 Å². The Labute approximate surface area is 85.9 Å². The number of nitrogens with two attached hydrogens (primary N) is 1. The van der Waals surface area contributed by atoms with Gasteiger partial charge in [0.15, 0.2) is 0 Å². The minimum Gasteiger partial charge on any atom is -0.394 e. The molecule has 1 rings (SSSR count). The van der Waals surface area contributed by atoms with Gasteiger partial charge in [0.25, 0.3) is 5.56 Å². The molecule has 0 atom stereocenters. The lowest BCUT2D eigenvalue weighted by Crippen LogP contribution is -2.21. The van der Waals surface area contributed by atoms with Gasteiger partial charge in [-0.3, -0.25) is 9.36 Å². The number of allylic oxidation sites excluding steroid dienone is 2. The van der Waals surface area contributed by atoms with Crippen molar-refractivity contribution in [2.24, 2.45) is 4.99 Å². The monoisotopic (exact) mass is 207 g/mol. The number of aromatic nitrogens is 1. The molecule has 5 heteroatoms. The lowest BCUT2D eigenvalue weighted by atomic mass is 10.4. The van der Waals surface area contributed by atoms with Crippen molar-refractivity contribution in [2.45, 2.75) is 0 Å². The van der Waals surface area contributed by atoms with Gasteiger partial charge in [0.2, 0.25) is 0 Å². The van der Waals surface area contributed by atoms with Gasteiger partial charge >= 0.3 is 0 Å². The predicted molar refractivity (Wildman–Crippen MR) is 59.1 cm³/mol. The quantitative estimate of drug-likeness (QED) is 0.599. The second-order valence-corrected chi connectivity index (χ2v) is 2.71. The number of rotatable bonds is 3. The highest BCUT2D eigenvalue weighted by atomic mass is 19.1. The minimum atomic E-state index is -0.620. The highest BCUT2D eigenvalue weighted by molar-refractivity contribution is 5.54. The van der Waals surface area contributed by atoms with Crippen molar-refractivity contribution >= 4 is 18.2 Å². The number of hydrogen-bond acceptors (Lipinski definition) is 3. The molecule has 0 bridgehead atoms. The van der Waals surface area contributed by atoms with Gasteiger partial charge in [0, 0.05) is 12.3 Å². The summed E-state index contributed by atoms with van der Waals surface area (Å²) in [6.07, 6.45) is 3.83. The maximum absolute atomic E-state index is 13.0. The fourth-order valence-corrected chi connectivity index (χ4v) is 1.05. The Hall–Kier alpha value is -2.17. The molecule has 0 radical (unpaired) electrons. The summed E-state index contributed by atoms with van der Waals surface area (Å²) in [5.41, 5.74) is 4.59. The number of hydrogen-bond donors (Lipinski definition) is 1. The van der Waals surface area contributed by atoms with Crippen molar-refractivity contribution in [1.82, 2.24) is 4.57 Å². The molecule has 1 heterocycles. The number of nitrogens with zero attached hydrogens (tertiary/aromatic N) is 2. The number of pyridine rings is 1. The van der Waals surface area contributed by atoms with Crippen LogP contribution < -0.4 is 11.3 Å². The smallest absolute Gasteiger partial charge is 0.279 e. The number of aliphatic imine (C=N–C) groups is 1. The van der Waals surface area contributed by atoms with E-state index < -0.39 is 11.4 Å². The number of nitrogen functional groups attached to an aromatic ring is 1. The Bertz CT molecular complexity index is 488. The van der Waals surface area contributed by atoms with Crippen LogP contribution in [0.25, 0.3) is 5.82 Å². The second-order valence-electron chi connectivity index (χ2n) is 2.71. The van der Waals surface area contributed by atoms with E-state index in [1.54, 1.807) is 0 Å². The van der Waals surface area contributed by atoms with Crippen molar-refractivity contribution in [3.05, 3.63) is 47.2 Å². The lowest BCUT2D eigenvalue weighted by Gasteiger charge is -2.05. The van der Waals surface area contributed by atoms with Gasteiger partial charge in [-0.2, -0.15) is 0 Å². The van der Waals surface area contributed by atoms with Crippen molar-refractivity contribution < 1.29 is 4.39 Å². The molecular weight excluding hydrogens is 197 g/mol. The molecule has 0 unspecified atom stereocenters. The summed E-state index contributed by atoms with van der Waals surface area (Å²) in [6.45, 7) is 6.71. The van der Waals surface area contributed by atoms with Gasteiger partial charge in [-0.15, -0.1) is 0 Å². The first-order chi connectivity index (χ1) is 7.10. The van der Waals surface area contributed by atoms with Crippen LogP contribution in [0.5, 0.6) is 0 Å². The molecule has 1 aromatic heterocycles. The molecule has 15 heavy (non-hydrogen) atoms. The zero-order chi connectivity index (χ0) is 11.4. The van der Waals surface area contributed by atoms with E-state index in [0.717, 1.165) is 16.8 Å². The van der Waals surface area contributed by atoms with Gasteiger partial charge in [0.05, 0.1) is 0 Å². The van der Waals surface area contributed by atoms with Gasteiger partial charge in [-0.1, -0.05) is 12.7 Å². The molecule has 2 N–H and O–H groups in total. The first-order valence-electron chi connectivity index (χ1n) is 4.07. The largest absolute Gasteiger partial charge is 0.394 e. The SMILES string of the molecule is C=CC=C(N=C)n1cc(F)cc(N)c1=O.